The van der Waals surface area contributed by atoms with Crippen LogP contribution in [0.1, 0.15) is 31.7 Å². The summed E-state index contributed by atoms with van der Waals surface area (Å²) >= 11 is 0. The standard InChI is InChI=1S/C11H16N2/c1-8(2)9-5-7-13-11-10(9)4-3-6-12-11/h3-4,6,8-9H,5,7H2,1-2H3,(H,12,13). The Bertz CT molecular complexity index is 294. The van der Waals surface area contributed by atoms with Crippen LogP contribution in [-0.2, 0) is 0 Å². The van der Waals surface area contributed by atoms with Crippen LogP contribution < -0.4 is 5.32 Å². The van der Waals surface area contributed by atoms with Gasteiger partial charge in [0.05, 0.1) is 0 Å². The van der Waals surface area contributed by atoms with Crippen molar-refractivity contribution in [2.24, 2.45) is 5.92 Å². The molecule has 2 rings (SSSR count). The summed E-state index contributed by atoms with van der Waals surface area (Å²) in [7, 11) is 0. The van der Waals surface area contributed by atoms with Gasteiger partial charge >= 0.3 is 0 Å². The molecule has 0 saturated carbocycles. The van der Waals surface area contributed by atoms with Gasteiger partial charge in [0.2, 0.25) is 0 Å². The number of hydrogen-bond acceptors (Lipinski definition) is 2. The van der Waals surface area contributed by atoms with E-state index in [1.54, 1.807) is 0 Å². The van der Waals surface area contributed by atoms with Crippen LogP contribution in [0.4, 0.5) is 5.82 Å². The van der Waals surface area contributed by atoms with E-state index >= 15 is 0 Å². The second-order valence-corrected chi connectivity index (χ2v) is 4.01. The lowest BCUT2D eigenvalue weighted by atomic mass is 9.84. The molecule has 0 amide bonds. The van der Waals surface area contributed by atoms with Crippen LogP contribution in [-0.4, -0.2) is 11.5 Å². The number of fused-ring (bicyclic) bond motifs is 1. The van der Waals surface area contributed by atoms with Crippen molar-refractivity contribution in [1.29, 1.82) is 0 Å². The van der Waals surface area contributed by atoms with Gasteiger partial charge in [-0.15, -0.1) is 0 Å². The van der Waals surface area contributed by atoms with Gasteiger partial charge in [-0.3, -0.25) is 0 Å². The molecule has 2 heteroatoms. The van der Waals surface area contributed by atoms with Crippen LogP contribution in [0.2, 0.25) is 0 Å². The van der Waals surface area contributed by atoms with Crippen LogP contribution >= 0.6 is 0 Å². The third kappa shape index (κ3) is 1.53. The predicted molar refractivity (Wildman–Crippen MR) is 54.9 cm³/mol. The Morgan fingerprint density at radius 2 is 2.38 bits per heavy atom. The maximum Gasteiger partial charge on any atom is 0.129 e. The molecule has 1 aliphatic heterocycles. The monoisotopic (exact) mass is 176 g/mol. The third-order valence-electron chi connectivity index (χ3n) is 2.79. The largest absolute Gasteiger partial charge is 0.370 e. The van der Waals surface area contributed by atoms with Gasteiger partial charge in [0.1, 0.15) is 5.82 Å². The molecule has 0 radical (unpaired) electrons. The summed E-state index contributed by atoms with van der Waals surface area (Å²) in [5.41, 5.74) is 1.39. The van der Waals surface area contributed by atoms with Gasteiger partial charge in [0.25, 0.3) is 0 Å². The minimum absolute atomic E-state index is 0.685. The summed E-state index contributed by atoms with van der Waals surface area (Å²) in [6.45, 7) is 5.63. The Hall–Kier alpha value is -1.05. The molecule has 0 spiro atoms. The third-order valence-corrected chi connectivity index (χ3v) is 2.79. The van der Waals surface area contributed by atoms with E-state index in [2.05, 4.69) is 30.2 Å². The zero-order valence-electron chi connectivity index (χ0n) is 8.25. The smallest absolute Gasteiger partial charge is 0.129 e. The van der Waals surface area contributed by atoms with Crippen molar-refractivity contribution in [2.45, 2.75) is 26.2 Å². The molecule has 70 valence electrons. The highest BCUT2D eigenvalue weighted by atomic mass is 15.0. The molecule has 0 bridgehead atoms. The zero-order chi connectivity index (χ0) is 9.26. The highest BCUT2D eigenvalue weighted by Gasteiger charge is 2.22. The van der Waals surface area contributed by atoms with Crippen molar-refractivity contribution in [3.63, 3.8) is 0 Å². The van der Waals surface area contributed by atoms with Gasteiger partial charge in [-0.2, -0.15) is 0 Å². The van der Waals surface area contributed by atoms with E-state index in [4.69, 9.17) is 0 Å². The molecular weight excluding hydrogens is 160 g/mol. The Balaban J connectivity index is 2.37. The van der Waals surface area contributed by atoms with E-state index in [-0.39, 0.29) is 0 Å². The van der Waals surface area contributed by atoms with Crippen molar-refractivity contribution in [2.75, 3.05) is 11.9 Å². The Morgan fingerprint density at radius 1 is 1.54 bits per heavy atom. The van der Waals surface area contributed by atoms with Crippen molar-refractivity contribution in [1.82, 2.24) is 4.98 Å². The summed E-state index contributed by atoms with van der Waals surface area (Å²) in [6.07, 6.45) is 3.09. The lowest BCUT2D eigenvalue weighted by Gasteiger charge is -2.28. The van der Waals surface area contributed by atoms with Gasteiger partial charge in [-0.05, 0) is 29.9 Å². The molecule has 0 saturated heterocycles. The topological polar surface area (TPSA) is 24.9 Å². The van der Waals surface area contributed by atoms with Gasteiger partial charge in [0, 0.05) is 12.7 Å². The molecule has 1 aromatic rings. The first-order chi connectivity index (χ1) is 6.29. The van der Waals surface area contributed by atoms with Crippen LogP contribution in [0.25, 0.3) is 0 Å². The summed E-state index contributed by atoms with van der Waals surface area (Å²) in [4.78, 5) is 4.34. The summed E-state index contributed by atoms with van der Waals surface area (Å²) in [6, 6.07) is 4.22. The first-order valence-electron chi connectivity index (χ1n) is 4.98. The van der Waals surface area contributed by atoms with Gasteiger partial charge in [-0.1, -0.05) is 19.9 Å². The molecular formula is C11H16N2. The summed E-state index contributed by atoms with van der Waals surface area (Å²) < 4.78 is 0. The first kappa shape index (κ1) is 8.54. The molecule has 1 aliphatic rings. The number of hydrogen-bond donors (Lipinski definition) is 1. The van der Waals surface area contributed by atoms with Crippen molar-refractivity contribution >= 4 is 5.82 Å². The van der Waals surface area contributed by atoms with Crippen LogP contribution in [0, 0.1) is 5.92 Å². The van der Waals surface area contributed by atoms with E-state index in [0.717, 1.165) is 12.4 Å². The number of anilines is 1. The van der Waals surface area contributed by atoms with Crippen LogP contribution in [0.15, 0.2) is 18.3 Å². The van der Waals surface area contributed by atoms with Crippen LogP contribution in [0.3, 0.4) is 0 Å². The maximum atomic E-state index is 4.34. The van der Waals surface area contributed by atoms with Gasteiger partial charge in [0.15, 0.2) is 0 Å². The second kappa shape index (κ2) is 3.36. The maximum absolute atomic E-state index is 4.34. The van der Waals surface area contributed by atoms with E-state index in [0.29, 0.717) is 11.8 Å². The van der Waals surface area contributed by atoms with Crippen LogP contribution in [0.5, 0.6) is 0 Å². The number of aromatic nitrogens is 1. The molecule has 1 unspecified atom stereocenters. The molecule has 13 heavy (non-hydrogen) atoms. The number of pyridine rings is 1. The zero-order valence-corrected chi connectivity index (χ0v) is 8.25. The highest BCUT2D eigenvalue weighted by Crippen LogP contribution is 2.34. The number of rotatable bonds is 1. The summed E-state index contributed by atoms with van der Waals surface area (Å²) in [5, 5.41) is 3.34. The Morgan fingerprint density at radius 3 is 3.15 bits per heavy atom. The SMILES string of the molecule is CC(C)C1CCNc2ncccc21. The summed E-state index contributed by atoms with van der Waals surface area (Å²) in [5.74, 6) is 2.49. The molecule has 0 aliphatic carbocycles. The first-order valence-corrected chi connectivity index (χ1v) is 4.98. The Kier molecular flexibility index (Phi) is 2.21. The van der Waals surface area contributed by atoms with Crippen molar-refractivity contribution < 1.29 is 0 Å². The second-order valence-electron chi connectivity index (χ2n) is 4.01. The fourth-order valence-electron chi connectivity index (χ4n) is 2.06. The average Bonchev–Trinajstić information content (AvgIpc) is 2.17. The van der Waals surface area contributed by atoms with Crippen molar-refractivity contribution in [3.8, 4) is 0 Å². The van der Waals surface area contributed by atoms with E-state index in [1.807, 2.05) is 12.3 Å². The molecule has 1 aromatic heterocycles. The number of nitrogens with zero attached hydrogens (tertiary/aromatic N) is 1. The molecule has 0 aromatic carbocycles. The number of nitrogens with one attached hydrogen (secondary N) is 1. The van der Waals surface area contributed by atoms with Crippen molar-refractivity contribution in [3.05, 3.63) is 23.9 Å². The lowest BCUT2D eigenvalue weighted by molar-refractivity contribution is 0.467. The van der Waals surface area contributed by atoms with E-state index in [9.17, 15) is 0 Å². The molecule has 1 atom stereocenters. The fourth-order valence-corrected chi connectivity index (χ4v) is 2.06. The van der Waals surface area contributed by atoms with Gasteiger partial charge in [-0.25, -0.2) is 4.98 Å². The quantitative estimate of drug-likeness (QED) is 0.711. The predicted octanol–water partition coefficient (Wildman–Crippen LogP) is 2.64. The van der Waals surface area contributed by atoms with Gasteiger partial charge < -0.3 is 5.32 Å². The van der Waals surface area contributed by atoms with E-state index in [1.165, 1.54) is 12.0 Å². The molecule has 2 heterocycles. The van der Waals surface area contributed by atoms with E-state index < -0.39 is 0 Å². The highest BCUT2D eigenvalue weighted by molar-refractivity contribution is 5.48. The Labute approximate surface area is 79.4 Å². The molecule has 0 fully saturated rings. The lowest BCUT2D eigenvalue weighted by Crippen LogP contribution is -2.20. The minimum atomic E-state index is 0.685. The average molecular weight is 176 g/mol. The minimum Gasteiger partial charge on any atom is -0.370 e. The normalized spacial score (nSPS) is 21.0. The molecule has 2 nitrogen and oxygen atoms in total. The fraction of sp³-hybridized carbons (Fsp3) is 0.545. The molecule has 1 N–H and O–H groups in total.